The first-order chi connectivity index (χ1) is 18.7. The molecule has 0 aliphatic rings. The zero-order valence-electron chi connectivity index (χ0n) is 20.4. The Morgan fingerprint density at radius 3 is 1.98 bits per heavy atom. The number of halogens is 3. The average Bonchev–Trinajstić information content (AvgIpc) is 2.94. The summed E-state index contributed by atoms with van der Waals surface area (Å²) in [7, 11) is 0. The Labute approximate surface area is 228 Å². The van der Waals surface area contributed by atoms with E-state index in [-0.39, 0.29) is 38.2 Å². The van der Waals surface area contributed by atoms with Gasteiger partial charge in [0.2, 0.25) is 5.91 Å². The zero-order valence-corrected chi connectivity index (χ0v) is 20.4. The lowest BCUT2D eigenvalue weighted by Gasteiger charge is -2.14. The summed E-state index contributed by atoms with van der Waals surface area (Å²) in [5.41, 5.74) is 9.09. The third-order valence-electron chi connectivity index (χ3n) is 5.29. The molecule has 1 atom stereocenters. The lowest BCUT2D eigenvalue weighted by Crippen LogP contribution is -2.50. The largest absolute Gasteiger partial charge is 0.339 e. The predicted molar refractivity (Wildman–Crippen MR) is 142 cm³/mol. The number of nitrogens with one attached hydrogen (secondary N) is 4. The molecule has 0 aromatic heterocycles. The van der Waals surface area contributed by atoms with Crippen LogP contribution in [-0.4, -0.2) is 42.1 Å². The van der Waals surface area contributed by atoms with Gasteiger partial charge in [-0.3, -0.25) is 19.6 Å². The minimum atomic E-state index is -1.54. The van der Waals surface area contributed by atoms with Crippen LogP contribution in [-0.2, 0) is 16.1 Å². The number of hydrogen-bond donors (Lipinski definition) is 6. The Bertz CT molecular complexity index is 1380. The van der Waals surface area contributed by atoms with Crippen LogP contribution in [0.25, 0.3) is 0 Å². The van der Waals surface area contributed by atoms with Gasteiger partial charge >= 0.3 is 0 Å². The van der Waals surface area contributed by atoms with Gasteiger partial charge in [-0.25, -0.2) is 18.7 Å². The summed E-state index contributed by atoms with van der Waals surface area (Å²) in [4.78, 5) is 35.8. The number of benzene rings is 3. The third-order valence-corrected chi connectivity index (χ3v) is 5.29. The molecule has 0 bridgehead atoms. The molecule has 3 aromatic rings. The summed E-state index contributed by atoms with van der Waals surface area (Å²) < 4.78 is 39.5. The summed E-state index contributed by atoms with van der Waals surface area (Å²) in [6, 6.07) is 13.6. The molecule has 3 amide bonds. The van der Waals surface area contributed by atoms with Gasteiger partial charge in [-0.05, 0) is 66.2 Å². The molecule has 0 radical (unpaired) electrons. The Balaban J connectivity index is 0.00000560. The van der Waals surface area contributed by atoms with E-state index in [0.29, 0.717) is 16.8 Å². The number of amides is 3. The highest BCUT2D eigenvalue weighted by molar-refractivity contribution is 5.97. The van der Waals surface area contributed by atoms with Crippen LogP contribution in [0, 0.1) is 29.3 Å². The summed E-state index contributed by atoms with van der Waals surface area (Å²) >= 11 is 0. The van der Waals surface area contributed by atoms with E-state index in [4.69, 9.17) is 10.9 Å². The Kier molecular flexibility index (Phi) is 11.8. The minimum absolute atomic E-state index is 0. The highest BCUT2D eigenvalue weighted by Gasteiger charge is 2.19. The molecule has 0 unspecified atom stereocenters. The smallest absolute Gasteiger partial charge is 0.267 e. The molecule has 7 N–H and O–H groups in total. The SMILES string of the molecule is C.NC[C@H](NC(=O)c1ccc(C#Cc2ccc(NC(=O)CNCc3cc(F)c(F)c(F)c3)cc2)cc1)C(=O)NO. The standard InChI is InChI=1S/C27H24F3N5O4.CH4/c28-21-11-18(12-22(29)25(21)30)14-32-15-24(36)33-20-9-5-17(6-10-20)2-1-16-3-7-19(8-4-16)26(37)34-23(13-31)27(38)35-39;/h3-12,23,32,39H,13-15,31H2,(H,33,36)(H,34,37)(H,35,38);1H4/t23-;/m0./s1. The number of rotatable bonds is 9. The maximum Gasteiger partial charge on any atom is 0.267 e. The van der Waals surface area contributed by atoms with E-state index >= 15 is 0 Å². The van der Waals surface area contributed by atoms with E-state index < -0.39 is 41.2 Å². The summed E-state index contributed by atoms with van der Waals surface area (Å²) in [5.74, 6) is 0.00363. The molecule has 0 aliphatic carbocycles. The van der Waals surface area contributed by atoms with Crippen LogP contribution in [0.2, 0.25) is 0 Å². The van der Waals surface area contributed by atoms with Crippen molar-refractivity contribution < 1.29 is 32.8 Å². The van der Waals surface area contributed by atoms with E-state index in [9.17, 15) is 27.6 Å². The quantitative estimate of drug-likeness (QED) is 0.104. The number of anilines is 1. The zero-order chi connectivity index (χ0) is 28.4. The van der Waals surface area contributed by atoms with Crippen LogP contribution < -0.4 is 27.2 Å². The molecule has 0 spiro atoms. The molecule has 0 fully saturated rings. The molecule has 9 nitrogen and oxygen atoms in total. The van der Waals surface area contributed by atoms with Gasteiger partial charge in [0.15, 0.2) is 17.5 Å². The second kappa shape index (κ2) is 15.0. The van der Waals surface area contributed by atoms with E-state index in [1.807, 2.05) is 0 Å². The first kappa shape index (κ1) is 31.5. The lowest BCUT2D eigenvalue weighted by molar-refractivity contribution is -0.130. The van der Waals surface area contributed by atoms with Crippen LogP contribution in [0.15, 0.2) is 60.7 Å². The molecule has 3 aromatic carbocycles. The Morgan fingerprint density at radius 2 is 1.45 bits per heavy atom. The van der Waals surface area contributed by atoms with Gasteiger partial charge in [-0.1, -0.05) is 19.3 Å². The lowest BCUT2D eigenvalue weighted by atomic mass is 10.1. The van der Waals surface area contributed by atoms with Crippen LogP contribution in [0.4, 0.5) is 18.9 Å². The number of hydrogen-bond acceptors (Lipinski definition) is 6. The van der Waals surface area contributed by atoms with Gasteiger partial charge in [0.05, 0.1) is 6.54 Å². The van der Waals surface area contributed by atoms with Crippen LogP contribution in [0.5, 0.6) is 0 Å². The van der Waals surface area contributed by atoms with Crippen molar-refractivity contribution in [3.8, 4) is 11.8 Å². The second-order valence-electron chi connectivity index (χ2n) is 8.17. The van der Waals surface area contributed by atoms with Crippen molar-refractivity contribution in [2.45, 2.75) is 20.0 Å². The number of carbonyl (C=O) groups is 3. The topological polar surface area (TPSA) is 146 Å². The highest BCUT2D eigenvalue weighted by atomic mass is 19.2. The predicted octanol–water partition coefficient (Wildman–Crippen LogP) is 2.43. The number of hydroxylamine groups is 1. The molecule has 0 aliphatic heterocycles. The number of carbonyl (C=O) groups excluding carboxylic acids is 3. The Hall–Kier alpha value is -4.70. The summed E-state index contributed by atoms with van der Waals surface area (Å²) in [6.07, 6.45) is 0. The normalized spacial score (nSPS) is 10.8. The monoisotopic (exact) mass is 555 g/mol. The Morgan fingerprint density at radius 1 is 0.900 bits per heavy atom. The van der Waals surface area contributed by atoms with Crippen molar-refractivity contribution in [3.63, 3.8) is 0 Å². The summed E-state index contributed by atoms with van der Waals surface area (Å²) in [6.45, 7) is -0.363. The molecule has 3 rings (SSSR count). The molecule has 40 heavy (non-hydrogen) atoms. The van der Waals surface area contributed by atoms with Crippen molar-refractivity contribution in [1.82, 2.24) is 16.1 Å². The molecule has 210 valence electrons. The number of nitrogens with two attached hydrogens (primary N) is 1. The first-order valence-electron chi connectivity index (χ1n) is 11.5. The van der Waals surface area contributed by atoms with E-state index in [1.165, 1.54) is 17.6 Å². The van der Waals surface area contributed by atoms with Crippen molar-refractivity contribution in [2.75, 3.05) is 18.4 Å². The van der Waals surface area contributed by atoms with Crippen LogP contribution in [0.3, 0.4) is 0 Å². The van der Waals surface area contributed by atoms with Gasteiger partial charge in [0.25, 0.3) is 11.8 Å². The van der Waals surface area contributed by atoms with Crippen LogP contribution in [0.1, 0.15) is 34.5 Å². The molecular formula is C28H28F3N5O4. The fourth-order valence-corrected chi connectivity index (χ4v) is 3.27. The van der Waals surface area contributed by atoms with Crippen molar-refractivity contribution >= 4 is 23.4 Å². The second-order valence-corrected chi connectivity index (χ2v) is 8.17. The summed E-state index contributed by atoms with van der Waals surface area (Å²) in [5, 5.41) is 16.5. The van der Waals surface area contributed by atoms with Crippen LogP contribution >= 0.6 is 0 Å². The third kappa shape index (κ3) is 8.95. The van der Waals surface area contributed by atoms with E-state index in [0.717, 1.165) is 12.1 Å². The molecule has 0 saturated carbocycles. The maximum absolute atomic E-state index is 13.3. The average molecular weight is 556 g/mol. The highest BCUT2D eigenvalue weighted by Crippen LogP contribution is 2.13. The molecular weight excluding hydrogens is 527 g/mol. The van der Waals surface area contributed by atoms with Gasteiger partial charge in [-0.15, -0.1) is 0 Å². The van der Waals surface area contributed by atoms with Crippen molar-refractivity contribution in [3.05, 3.63) is 100 Å². The molecule has 12 heteroatoms. The van der Waals surface area contributed by atoms with Gasteiger partial charge < -0.3 is 21.7 Å². The minimum Gasteiger partial charge on any atom is -0.339 e. The van der Waals surface area contributed by atoms with Gasteiger partial charge in [-0.2, -0.15) is 0 Å². The van der Waals surface area contributed by atoms with E-state index in [1.54, 1.807) is 36.4 Å². The molecule has 0 heterocycles. The van der Waals surface area contributed by atoms with Gasteiger partial charge in [0.1, 0.15) is 6.04 Å². The van der Waals surface area contributed by atoms with Crippen molar-refractivity contribution in [1.29, 1.82) is 0 Å². The fraction of sp³-hybridized carbons (Fsp3) is 0.179. The maximum atomic E-state index is 13.3. The molecule has 0 saturated heterocycles. The van der Waals surface area contributed by atoms with Crippen molar-refractivity contribution in [2.24, 2.45) is 5.73 Å². The fourth-order valence-electron chi connectivity index (χ4n) is 3.27. The first-order valence-corrected chi connectivity index (χ1v) is 11.5. The van der Waals surface area contributed by atoms with E-state index in [2.05, 4.69) is 27.8 Å². The van der Waals surface area contributed by atoms with Gasteiger partial charge in [0, 0.05) is 35.5 Å².